The van der Waals surface area contributed by atoms with Crippen molar-refractivity contribution in [2.75, 3.05) is 6.54 Å². The molecule has 0 aromatic carbocycles. The third-order valence-electron chi connectivity index (χ3n) is 3.63. The van der Waals surface area contributed by atoms with Crippen LogP contribution in [-0.2, 0) is 13.6 Å². The van der Waals surface area contributed by atoms with Crippen molar-refractivity contribution in [1.29, 1.82) is 0 Å². The van der Waals surface area contributed by atoms with Gasteiger partial charge in [-0.15, -0.1) is 0 Å². The third-order valence-corrected chi connectivity index (χ3v) is 3.63. The topological polar surface area (TPSA) is 29.9 Å². The van der Waals surface area contributed by atoms with Crippen LogP contribution in [0.25, 0.3) is 0 Å². The summed E-state index contributed by atoms with van der Waals surface area (Å²) in [6.07, 6.45) is 9.26. The quantitative estimate of drug-likeness (QED) is 0.774. The molecule has 0 spiro atoms. The summed E-state index contributed by atoms with van der Waals surface area (Å²) in [5.74, 6) is 0.988. The molecular weight excluding hydrogens is 198 g/mol. The van der Waals surface area contributed by atoms with Gasteiger partial charge in [0.15, 0.2) is 0 Å². The smallest absolute Gasteiger partial charge is 0.0638 e. The van der Waals surface area contributed by atoms with Crippen LogP contribution in [0.5, 0.6) is 0 Å². The van der Waals surface area contributed by atoms with Gasteiger partial charge in [-0.1, -0.05) is 25.7 Å². The summed E-state index contributed by atoms with van der Waals surface area (Å²) in [5, 5.41) is 7.87. The molecule has 16 heavy (non-hydrogen) atoms. The predicted molar refractivity (Wildman–Crippen MR) is 66.2 cm³/mol. The Balaban J connectivity index is 1.65. The van der Waals surface area contributed by atoms with Gasteiger partial charge in [0.25, 0.3) is 0 Å². The molecule has 0 aliphatic heterocycles. The normalized spacial score (nSPS) is 17.1. The highest BCUT2D eigenvalue weighted by molar-refractivity contribution is 5.14. The molecule has 0 saturated heterocycles. The summed E-state index contributed by atoms with van der Waals surface area (Å²) in [5.41, 5.74) is 2.48. The van der Waals surface area contributed by atoms with E-state index in [0.717, 1.165) is 24.7 Å². The first-order valence-electron chi connectivity index (χ1n) is 6.45. The van der Waals surface area contributed by atoms with Gasteiger partial charge in [-0.2, -0.15) is 5.10 Å². The molecule has 2 rings (SSSR count). The fourth-order valence-corrected chi connectivity index (χ4v) is 2.65. The standard InChI is InChI=1S/C13H23N3/c1-11-13(10-16(2)15-11)9-14-8-7-12-5-3-4-6-12/h10,12,14H,3-9H2,1-2H3. The molecule has 0 amide bonds. The van der Waals surface area contributed by atoms with Crippen molar-refractivity contribution in [3.05, 3.63) is 17.5 Å². The van der Waals surface area contributed by atoms with E-state index in [1.165, 1.54) is 37.7 Å². The summed E-state index contributed by atoms with van der Waals surface area (Å²) >= 11 is 0. The summed E-state index contributed by atoms with van der Waals surface area (Å²) in [4.78, 5) is 0. The van der Waals surface area contributed by atoms with Crippen molar-refractivity contribution >= 4 is 0 Å². The average molecular weight is 221 g/mol. The minimum absolute atomic E-state index is 0.965. The van der Waals surface area contributed by atoms with E-state index < -0.39 is 0 Å². The molecule has 1 aliphatic rings. The second kappa shape index (κ2) is 5.48. The molecule has 90 valence electrons. The van der Waals surface area contributed by atoms with Crippen LogP contribution in [0.3, 0.4) is 0 Å². The molecule has 1 heterocycles. The van der Waals surface area contributed by atoms with Gasteiger partial charge in [-0.25, -0.2) is 0 Å². The van der Waals surface area contributed by atoms with Crippen molar-refractivity contribution in [3.8, 4) is 0 Å². The van der Waals surface area contributed by atoms with Crippen LogP contribution in [0.4, 0.5) is 0 Å². The highest BCUT2D eigenvalue weighted by Crippen LogP contribution is 2.26. The Labute approximate surface area is 98.2 Å². The Bertz CT molecular complexity index is 324. The Morgan fingerprint density at radius 2 is 2.19 bits per heavy atom. The summed E-state index contributed by atoms with van der Waals surface area (Å²) in [7, 11) is 1.98. The molecular formula is C13H23N3. The molecule has 1 aromatic rings. The lowest BCUT2D eigenvalue weighted by Gasteiger charge is -2.09. The highest BCUT2D eigenvalue weighted by Gasteiger charge is 2.13. The summed E-state index contributed by atoms with van der Waals surface area (Å²) < 4.78 is 1.89. The number of hydrogen-bond acceptors (Lipinski definition) is 2. The van der Waals surface area contributed by atoms with Crippen molar-refractivity contribution < 1.29 is 0 Å². The second-order valence-electron chi connectivity index (χ2n) is 5.03. The fraction of sp³-hybridized carbons (Fsp3) is 0.769. The molecule has 3 heteroatoms. The van der Waals surface area contributed by atoms with E-state index in [9.17, 15) is 0 Å². The Hall–Kier alpha value is -0.830. The lowest BCUT2D eigenvalue weighted by atomic mass is 10.0. The van der Waals surface area contributed by atoms with E-state index in [2.05, 4.69) is 23.5 Å². The number of aromatic nitrogens is 2. The van der Waals surface area contributed by atoms with Gasteiger partial charge in [-0.3, -0.25) is 4.68 Å². The molecule has 0 unspecified atom stereocenters. The van der Waals surface area contributed by atoms with Crippen molar-refractivity contribution in [1.82, 2.24) is 15.1 Å². The van der Waals surface area contributed by atoms with Gasteiger partial charge >= 0.3 is 0 Å². The number of nitrogens with zero attached hydrogens (tertiary/aromatic N) is 2. The zero-order valence-electron chi connectivity index (χ0n) is 10.5. The first-order chi connectivity index (χ1) is 7.75. The second-order valence-corrected chi connectivity index (χ2v) is 5.03. The maximum Gasteiger partial charge on any atom is 0.0638 e. The Morgan fingerprint density at radius 3 is 2.81 bits per heavy atom. The minimum Gasteiger partial charge on any atom is -0.313 e. The van der Waals surface area contributed by atoms with Crippen molar-refractivity contribution in [2.24, 2.45) is 13.0 Å². The monoisotopic (exact) mass is 221 g/mol. The van der Waals surface area contributed by atoms with Crippen LogP contribution in [0.2, 0.25) is 0 Å². The van der Waals surface area contributed by atoms with E-state index in [1.54, 1.807) is 0 Å². The van der Waals surface area contributed by atoms with Crippen LogP contribution in [0.15, 0.2) is 6.20 Å². The summed E-state index contributed by atoms with van der Waals surface area (Å²) in [6.45, 7) is 4.19. The van der Waals surface area contributed by atoms with E-state index >= 15 is 0 Å². The lowest BCUT2D eigenvalue weighted by Crippen LogP contribution is -2.17. The third kappa shape index (κ3) is 3.08. The van der Waals surface area contributed by atoms with Crippen LogP contribution >= 0.6 is 0 Å². The zero-order chi connectivity index (χ0) is 11.4. The van der Waals surface area contributed by atoms with Crippen LogP contribution in [-0.4, -0.2) is 16.3 Å². The maximum absolute atomic E-state index is 4.34. The van der Waals surface area contributed by atoms with E-state index in [4.69, 9.17) is 0 Å². The molecule has 1 saturated carbocycles. The van der Waals surface area contributed by atoms with Gasteiger partial charge in [0.05, 0.1) is 5.69 Å². The van der Waals surface area contributed by atoms with Crippen LogP contribution < -0.4 is 5.32 Å². The molecule has 3 nitrogen and oxygen atoms in total. The van der Waals surface area contributed by atoms with Gasteiger partial charge < -0.3 is 5.32 Å². The SMILES string of the molecule is Cc1nn(C)cc1CNCCC1CCCC1. The molecule has 1 aliphatic carbocycles. The average Bonchev–Trinajstić information content (AvgIpc) is 2.84. The first kappa shape index (κ1) is 11.6. The highest BCUT2D eigenvalue weighted by atomic mass is 15.2. The van der Waals surface area contributed by atoms with Crippen molar-refractivity contribution in [2.45, 2.75) is 45.6 Å². The Morgan fingerprint density at radius 1 is 1.44 bits per heavy atom. The number of rotatable bonds is 5. The lowest BCUT2D eigenvalue weighted by molar-refractivity contribution is 0.477. The zero-order valence-corrected chi connectivity index (χ0v) is 10.5. The molecule has 1 N–H and O–H groups in total. The van der Waals surface area contributed by atoms with Gasteiger partial charge in [0.2, 0.25) is 0 Å². The molecule has 1 aromatic heterocycles. The van der Waals surface area contributed by atoms with E-state index in [1.807, 2.05) is 11.7 Å². The van der Waals surface area contributed by atoms with E-state index in [-0.39, 0.29) is 0 Å². The fourth-order valence-electron chi connectivity index (χ4n) is 2.65. The summed E-state index contributed by atoms with van der Waals surface area (Å²) in [6, 6.07) is 0. The van der Waals surface area contributed by atoms with Gasteiger partial charge in [0, 0.05) is 25.4 Å². The first-order valence-corrected chi connectivity index (χ1v) is 6.45. The largest absolute Gasteiger partial charge is 0.313 e. The molecule has 0 radical (unpaired) electrons. The maximum atomic E-state index is 4.34. The minimum atomic E-state index is 0.965. The number of nitrogens with one attached hydrogen (secondary N) is 1. The predicted octanol–water partition coefficient (Wildman–Crippen LogP) is 2.40. The molecule has 0 atom stereocenters. The van der Waals surface area contributed by atoms with E-state index in [0.29, 0.717) is 0 Å². The van der Waals surface area contributed by atoms with Crippen molar-refractivity contribution in [3.63, 3.8) is 0 Å². The van der Waals surface area contributed by atoms with Crippen LogP contribution in [0, 0.1) is 12.8 Å². The number of aryl methyl sites for hydroxylation is 2. The van der Waals surface area contributed by atoms with Gasteiger partial charge in [-0.05, 0) is 25.8 Å². The van der Waals surface area contributed by atoms with Crippen LogP contribution in [0.1, 0.15) is 43.4 Å². The molecule has 0 bridgehead atoms. The molecule has 1 fully saturated rings. The van der Waals surface area contributed by atoms with Gasteiger partial charge in [0.1, 0.15) is 0 Å². The number of hydrogen-bond donors (Lipinski definition) is 1. The Kier molecular flexibility index (Phi) is 3.99.